The fourth-order valence-electron chi connectivity index (χ4n) is 10.4. The summed E-state index contributed by atoms with van der Waals surface area (Å²) in [5, 5.41) is 62.5. The summed E-state index contributed by atoms with van der Waals surface area (Å²) in [6.45, 7) is 6.79. The number of hydrogen-bond donors (Lipinski definition) is 3. The molecule has 10 heteroatoms. The molecule has 3 aromatic rings. The van der Waals surface area contributed by atoms with Gasteiger partial charge in [-0.3, -0.25) is 0 Å². The van der Waals surface area contributed by atoms with Crippen LogP contribution >= 0.6 is 0 Å². The van der Waals surface area contributed by atoms with Crippen molar-refractivity contribution < 1.29 is 62.4 Å². The molecular weight excluding hydrogens is 1020 g/mol. The first-order valence-electron chi connectivity index (χ1n) is 32.1. The predicted molar refractivity (Wildman–Crippen MR) is 319 cm³/mol. The molecule has 0 aliphatic carbocycles. The van der Waals surface area contributed by atoms with Gasteiger partial charge in [-0.05, 0) is 73.4 Å². The van der Waals surface area contributed by atoms with E-state index in [4.69, 9.17) is 0 Å². The van der Waals surface area contributed by atoms with Crippen molar-refractivity contribution in [3.8, 4) is 17.2 Å². The molecule has 79 heavy (non-hydrogen) atoms. The van der Waals surface area contributed by atoms with Crippen molar-refractivity contribution in [3.63, 3.8) is 0 Å². The molecule has 0 bridgehead atoms. The van der Waals surface area contributed by atoms with Gasteiger partial charge >= 0.3 is 17.4 Å². The SMILES string of the molecule is CCCCCCCCCCCCCCCCc1cccc(C(=O)[O-])c1O.CCCCCCCCCCCCCCCCc1cccc(C(=O)[O-])c1O.CCCCCCCCCCCCCCCCc1cccc(C(=O)[O-])c1O.[Cr+3]. The molecule has 0 aliphatic rings. The number of aryl methyl sites for hydroxylation is 3. The number of carbonyl (C=O) groups is 3. The number of benzene rings is 3. The maximum atomic E-state index is 10.9. The van der Waals surface area contributed by atoms with Crippen molar-refractivity contribution in [1.82, 2.24) is 0 Å². The molecule has 0 aromatic heterocycles. The van der Waals surface area contributed by atoms with Crippen molar-refractivity contribution in [2.75, 3.05) is 0 Å². The average Bonchev–Trinajstić information content (AvgIpc) is 3.42. The predicted octanol–water partition coefficient (Wildman–Crippen LogP) is 17.3. The van der Waals surface area contributed by atoms with Gasteiger partial charge in [0.25, 0.3) is 0 Å². The summed E-state index contributed by atoms with van der Waals surface area (Å²) in [6, 6.07) is 14.6. The molecule has 0 saturated heterocycles. The van der Waals surface area contributed by atoms with Crippen LogP contribution in [0.25, 0.3) is 0 Å². The third kappa shape index (κ3) is 39.9. The van der Waals surface area contributed by atoms with Gasteiger partial charge in [0.1, 0.15) is 17.2 Å². The maximum absolute atomic E-state index is 10.9. The van der Waals surface area contributed by atoms with Gasteiger partial charge in [-0.2, -0.15) is 0 Å². The standard InChI is InChI=1S/3C23H38O3.Cr/c3*1-2-3-4-5-6-7-8-9-10-11-12-13-14-15-17-20-18-16-19-21(22(20)24)23(25)26;/h3*16,18-19,24H,2-15,17H2,1H3,(H,25,26);/q;;;+3/p-3. The second-order valence-corrected chi connectivity index (χ2v) is 22.3. The number of para-hydroxylation sites is 3. The van der Waals surface area contributed by atoms with E-state index in [1.807, 2.05) is 0 Å². The second-order valence-electron chi connectivity index (χ2n) is 22.3. The Bertz CT molecular complexity index is 1710. The van der Waals surface area contributed by atoms with E-state index < -0.39 is 17.9 Å². The van der Waals surface area contributed by atoms with Gasteiger partial charge < -0.3 is 45.0 Å². The molecule has 447 valence electrons. The van der Waals surface area contributed by atoms with E-state index in [-0.39, 0.29) is 51.3 Å². The minimum atomic E-state index is -1.31. The Labute approximate surface area is 492 Å². The zero-order valence-corrected chi connectivity index (χ0v) is 51.5. The van der Waals surface area contributed by atoms with E-state index in [1.165, 1.54) is 249 Å². The number of aromatic hydroxyl groups is 3. The summed E-state index contributed by atoms with van der Waals surface area (Å²) in [4.78, 5) is 32.7. The number of aromatic carboxylic acids is 3. The number of carbonyl (C=O) groups excluding carboxylic acids is 3. The Balaban J connectivity index is 0.00000115. The summed E-state index contributed by atoms with van der Waals surface area (Å²) >= 11 is 0. The molecule has 0 spiro atoms. The van der Waals surface area contributed by atoms with Gasteiger partial charge in [0.2, 0.25) is 0 Å². The molecule has 3 N–H and O–H groups in total. The molecule has 3 aromatic carbocycles. The number of unbranched alkanes of at least 4 members (excludes halogenated alkanes) is 39. The molecular formula is C69H111CrO9. The summed E-state index contributed by atoms with van der Waals surface area (Å²) in [6.07, 6.45) is 57.4. The smallest absolute Gasteiger partial charge is 0.545 e. The van der Waals surface area contributed by atoms with Gasteiger partial charge in [0.15, 0.2) is 0 Å². The van der Waals surface area contributed by atoms with Crippen LogP contribution in [0.4, 0.5) is 0 Å². The quantitative estimate of drug-likeness (QED) is 0.0464. The Morgan fingerprint density at radius 1 is 0.278 bits per heavy atom. The van der Waals surface area contributed by atoms with Gasteiger partial charge in [-0.25, -0.2) is 0 Å². The van der Waals surface area contributed by atoms with Crippen LogP contribution < -0.4 is 15.3 Å². The summed E-state index contributed by atoms with van der Waals surface area (Å²) in [5.74, 6) is -4.31. The van der Waals surface area contributed by atoms with E-state index in [0.717, 1.165) is 57.8 Å². The molecule has 0 fully saturated rings. The zero-order valence-electron chi connectivity index (χ0n) is 50.2. The second kappa shape index (κ2) is 53.3. The van der Waals surface area contributed by atoms with Crippen molar-refractivity contribution in [2.24, 2.45) is 0 Å². The molecule has 0 saturated carbocycles. The Kier molecular flexibility index (Phi) is 50.6. The first-order chi connectivity index (χ1) is 38.0. The summed E-state index contributed by atoms with van der Waals surface area (Å²) in [5.41, 5.74) is 1.83. The van der Waals surface area contributed by atoms with Crippen molar-refractivity contribution >= 4 is 17.9 Å². The van der Waals surface area contributed by atoms with Gasteiger partial charge in [0.05, 0.1) is 17.9 Å². The van der Waals surface area contributed by atoms with Crippen molar-refractivity contribution in [1.29, 1.82) is 0 Å². The van der Waals surface area contributed by atoms with Crippen molar-refractivity contribution in [2.45, 2.75) is 310 Å². The van der Waals surface area contributed by atoms with Crippen molar-refractivity contribution in [3.05, 3.63) is 88.0 Å². The monoisotopic (exact) mass is 1140 g/mol. The fraction of sp³-hybridized carbons (Fsp3) is 0.696. The number of rotatable bonds is 48. The zero-order chi connectivity index (χ0) is 57.1. The van der Waals surface area contributed by atoms with E-state index in [9.17, 15) is 45.0 Å². The summed E-state index contributed by atoms with van der Waals surface area (Å²) < 4.78 is 0. The first kappa shape index (κ1) is 75.0. The van der Waals surface area contributed by atoms with Gasteiger partial charge in [-0.15, -0.1) is 0 Å². The number of phenols is 3. The van der Waals surface area contributed by atoms with Crippen LogP contribution in [0.5, 0.6) is 17.2 Å². The van der Waals surface area contributed by atoms with Crippen LogP contribution in [-0.2, 0) is 36.6 Å². The first-order valence-corrected chi connectivity index (χ1v) is 32.1. The number of carboxylic acid groups (broad SMARTS) is 3. The maximum Gasteiger partial charge on any atom is 3.00 e. The number of hydrogen-bond acceptors (Lipinski definition) is 9. The van der Waals surface area contributed by atoms with Crippen LogP contribution in [0, 0.1) is 0 Å². The minimum absolute atomic E-state index is 0. The molecule has 9 nitrogen and oxygen atoms in total. The van der Waals surface area contributed by atoms with Gasteiger partial charge in [0, 0.05) is 16.7 Å². The molecule has 0 heterocycles. The van der Waals surface area contributed by atoms with E-state index in [1.54, 1.807) is 36.4 Å². The molecule has 0 amide bonds. The minimum Gasteiger partial charge on any atom is -0.545 e. The molecule has 1 radical (unpaired) electrons. The fourth-order valence-corrected chi connectivity index (χ4v) is 10.4. The van der Waals surface area contributed by atoms with E-state index >= 15 is 0 Å². The van der Waals surface area contributed by atoms with Crippen LogP contribution in [0.1, 0.15) is 338 Å². The average molecular weight is 1140 g/mol. The van der Waals surface area contributed by atoms with Crippen LogP contribution in [0.3, 0.4) is 0 Å². The molecule has 0 aliphatic heterocycles. The third-order valence-electron chi connectivity index (χ3n) is 15.4. The summed E-state index contributed by atoms with van der Waals surface area (Å²) in [7, 11) is 0. The Hall–Kier alpha value is -4.00. The van der Waals surface area contributed by atoms with Crippen LogP contribution in [0.2, 0.25) is 0 Å². The Morgan fingerprint density at radius 2 is 0.430 bits per heavy atom. The largest absolute Gasteiger partial charge is 3.00 e. The molecule has 0 atom stereocenters. The molecule has 0 unspecified atom stereocenters. The normalized spacial score (nSPS) is 10.8. The van der Waals surface area contributed by atoms with Gasteiger partial charge in [-0.1, -0.05) is 308 Å². The topological polar surface area (TPSA) is 181 Å². The van der Waals surface area contributed by atoms with Crippen LogP contribution in [0.15, 0.2) is 54.6 Å². The Morgan fingerprint density at radius 3 is 0.582 bits per heavy atom. The third-order valence-corrected chi connectivity index (χ3v) is 15.4. The number of carboxylic acids is 3. The molecule has 3 rings (SSSR count). The van der Waals surface area contributed by atoms with Crippen LogP contribution in [-0.4, -0.2) is 33.2 Å². The van der Waals surface area contributed by atoms with E-state index in [2.05, 4.69) is 20.8 Å². The van der Waals surface area contributed by atoms with E-state index in [0.29, 0.717) is 16.7 Å².